The number of imide groups is 1. The topological polar surface area (TPSA) is 46.6 Å². The van der Waals surface area contributed by atoms with Crippen LogP contribution in [0.1, 0.15) is 60.7 Å². The number of halogens is 1. The molecule has 0 atom stereocenters. The van der Waals surface area contributed by atoms with Gasteiger partial charge in [0.1, 0.15) is 5.83 Å². The standard InChI is InChI=1S/C21H30FNO3Si/c1-6-13-21(2,3)27(4,5)26-14-9-10-16(22)15-23-19(24)17-11-7-8-12-18(17)20(23)25/h7-8,10-12H,6,9,13-15H2,1-5H3/b16-10-. The maximum atomic E-state index is 14.3. The van der Waals surface area contributed by atoms with E-state index in [1.165, 1.54) is 6.08 Å². The van der Waals surface area contributed by atoms with Crippen molar-refractivity contribution in [1.29, 1.82) is 0 Å². The van der Waals surface area contributed by atoms with Crippen LogP contribution in [-0.2, 0) is 4.43 Å². The van der Waals surface area contributed by atoms with Crippen molar-refractivity contribution in [1.82, 2.24) is 4.90 Å². The van der Waals surface area contributed by atoms with E-state index < -0.39 is 26.0 Å². The van der Waals surface area contributed by atoms with Crippen LogP contribution in [0.2, 0.25) is 18.1 Å². The molecule has 0 saturated carbocycles. The molecule has 2 amide bonds. The molecule has 0 N–H and O–H groups in total. The molecule has 0 unspecified atom stereocenters. The van der Waals surface area contributed by atoms with Gasteiger partial charge in [-0.25, -0.2) is 4.39 Å². The zero-order valence-electron chi connectivity index (χ0n) is 17.0. The van der Waals surface area contributed by atoms with Gasteiger partial charge in [0.2, 0.25) is 0 Å². The number of nitrogens with zero attached hydrogens (tertiary/aromatic N) is 1. The predicted octanol–water partition coefficient (Wildman–Crippen LogP) is 5.33. The molecule has 27 heavy (non-hydrogen) atoms. The highest BCUT2D eigenvalue weighted by Gasteiger charge is 2.40. The van der Waals surface area contributed by atoms with Gasteiger partial charge in [-0.2, -0.15) is 0 Å². The Morgan fingerprint density at radius 2 is 1.74 bits per heavy atom. The van der Waals surface area contributed by atoms with Gasteiger partial charge >= 0.3 is 0 Å². The van der Waals surface area contributed by atoms with Crippen LogP contribution in [0.4, 0.5) is 4.39 Å². The molecule has 1 aliphatic heterocycles. The predicted molar refractivity (Wildman–Crippen MR) is 108 cm³/mol. The van der Waals surface area contributed by atoms with Crippen molar-refractivity contribution in [2.45, 2.75) is 58.2 Å². The van der Waals surface area contributed by atoms with Crippen LogP contribution < -0.4 is 0 Å². The van der Waals surface area contributed by atoms with Gasteiger partial charge < -0.3 is 4.43 Å². The molecule has 0 spiro atoms. The number of carbonyl (C=O) groups excluding carboxylic acids is 2. The lowest BCUT2D eigenvalue weighted by molar-refractivity contribution is 0.0660. The number of benzene rings is 1. The number of hydrogen-bond acceptors (Lipinski definition) is 3. The van der Waals surface area contributed by atoms with Crippen LogP contribution in [0.25, 0.3) is 0 Å². The maximum absolute atomic E-state index is 14.3. The van der Waals surface area contributed by atoms with E-state index in [1.807, 2.05) is 0 Å². The Morgan fingerprint density at radius 3 is 2.26 bits per heavy atom. The Labute approximate surface area is 162 Å². The van der Waals surface area contributed by atoms with Crippen LogP contribution in [-0.4, -0.2) is 38.2 Å². The summed E-state index contributed by atoms with van der Waals surface area (Å²) >= 11 is 0. The molecule has 0 aromatic heterocycles. The van der Waals surface area contributed by atoms with Crippen molar-refractivity contribution < 1.29 is 18.4 Å². The fourth-order valence-electron chi connectivity index (χ4n) is 3.25. The summed E-state index contributed by atoms with van der Waals surface area (Å²) in [5.74, 6) is -1.36. The number of amides is 2. The molecule has 1 heterocycles. The van der Waals surface area contributed by atoms with Gasteiger partial charge in [0.15, 0.2) is 8.32 Å². The third-order valence-electron chi connectivity index (χ3n) is 5.64. The fourth-order valence-corrected chi connectivity index (χ4v) is 5.12. The third-order valence-corrected chi connectivity index (χ3v) is 10.1. The Morgan fingerprint density at radius 1 is 1.19 bits per heavy atom. The second-order valence-electron chi connectivity index (χ2n) is 8.17. The molecule has 1 aliphatic rings. The molecule has 0 fully saturated rings. The number of fused-ring (bicyclic) bond motifs is 1. The lowest BCUT2D eigenvalue weighted by Gasteiger charge is -2.39. The molecule has 0 aliphatic carbocycles. The number of rotatable bonds is 9. The second-order valence-corrected chi connectivity index (χ2v) is 12.8. The lowest BCUT2D eigenvalue weighted by atomic mass is 10.1. The van der Waals surface area contributed by atoms with Crippen LogP contribution in [0, 0.1) is 0 Å². The minimum Gasteiger partial charge on any atom is -0.417 e. The van der Waals surface area contributed by atoms with Gasteiger partial charge in [0.25, 0.3) is 11.8 Å². The quantitative estimate of drug-likeness (QED) is 0.325. The largest absolute Gasteiger partial charge is 0.417 e. The summed E-state index contributed by atoms with van der Waals surface area (Å²) in [7, 11) is -1.90. The molecule has 2 rings (SSSR count). The molecule has 148 valence electrons. The summed E-state index contributed by atoms with van der Waals surface area (Å²) in [5.41, 5.74) is 0.675. The smallest absolute Gasteiger partial charge is 0.261 e. The summed E-state index contributed by atoms with van der Waals surface area (Å²) in [6, 6.07) is 6.58. The minimum absolute atomic E-state index is 0.157. The van der Waals surface area contributed by atoms with Gasteiger partial charge in [-0.3, -0.25) is 14.5 Å². The Hall–Kier alpha value is -1.79. The molecule has 0 saturated heterocycles. The first-order valence-electron chi connectivity index (χ1n) is 9.54. The van der Waals surface area contributed by atoms with Crippen molar-refractivity contribution in [2.24, 2.45) is 0 Å². The molecular formula is C21H30FNO3Si. The average molecular weight is 392 g/mol. The van der Waals surface area contributed by atoms with Crippen molar-refractivity contribution >= 4 is 20.1 Å². The highest BCUT2D eigenvalue weighted by molar-refractivity contribution is 6.74. The van der Waals surface area contributed by atoms with Crippen LogP contribution in [0.15, 0.2) is 36.2 Å². The highest BCUT2D eigenvalue weighted by atomic mass is 28.4. The molecular weight excluding hydrogens is 361 g/mol. The lowest BCUT2D eigenvalue weighted by Crippen LogP contribution is -2.42. The fraction of sp³-hybridized carbons (Fsp3) is 0.524. The Balaban J connectivity index is 1.89. The first-order chi connectivity index (χ1) is 12.6. The van der Waals surface area contributed by atoms with Gasteiger partial charge in [0.05, 0.1) is 17.7 Å². The van der Waals surface area contributed by atoms with Crippen molar-refractivity contribution in [2.75, 3.05) is 13.2 Å². The normalized spacial score (nSPS) is 15.5. The van der Waals surface area contributed by atoms with Crippen LogP contribution in [0.5, 0.6) is 0 Å². The third kappa shape index (κ3) is 4.74. The molecule has 4 nitrogen and oxygen atoms in total. The molecule has 1 aromatic rings. The van der Waals surface area contributed by atoms with E-state index in [1.54, 1.807) is 24.3 Å². The van der Waals surface area contributed by atoms with Crippen LogP contribution in [0.3, 0.4) is 0 Å². The van der Waals surface area contributed by atoms with E-state index in [-0.39, 0.29) is 11.6 Å². The molecule has 0 radical (unpaired) electrons. The Kier molecular flexibility index (Phi) is 6.76. The molecule has 6 heteroatoms. The summed E-state index contributed by atoms with van der Waals surface area (Å²) < 4.78 is 20.4. The van der Waals surface area contributed by atoms with E-state index in [9.17, 15) is 14.0 Å². The van der Waals surface area contributed by atoms with E-state index in [2.05, 4.69) is 33.9 Å². The summed E-state index contributed by atoms with van der Waals surface area (Å²) in [6.45, 7) is 11.2. The van der Waals surface area contributed by atoms with E-state index in [4.69, 9.17) is 4.43 Å². The van der Waals surface area contributed by atoms with Gasteiger partial charge in [-0.05, 0) is 49.2 Å². The summed E-state index contributed by atoms with van der Waals surface area (Å²) in [5, 5.41) is 0.157. The van der Waals surface area contributed by atoms with Crippen molar-refractivity contribution in [3.63, 3.8) is 0 Å². The monoisotopic (exact) mass is 391 g/mol. The zero-order chi connectivity index (χ0) is 20.2. The van der Waals surface area contributed by atoms with Crippen LogP contribution >= 0.6 is 0 Å². The number of hydrogen-bond donors (Lipinski definition) is 0. The minimum atomic E-state index is -1.90. The van der Waals surface area contributed by atoms with E-state index in [0.717, 1.165) is 17.7 Å². The zero-order valence-corrected chi connectivity index (χ0v) is 18.0. The summed E-state index contributed by atoms with van der Waals surface area (Å²) in [6.07, 6.45) is 4.06. The SMILES string of the molecule is CCCC(C)(C)[Si](C)(C)OCC/C=C(\F)CN1C(=O)c2ccccc2C1=O. The molecule has 0 bridgehead atoms. The summed E-state index contributed by atoms with van der Waals surface area (Å²) in [4.78, 5) is 25.5. The highest BCUT2D eigenvalue weighted by Crippen LogP contribution is 2.42. The van der Waals surface area contributed by atoms with Gasteiger partial charge in [-0.1, -0.05) is 39.3 Å². The number of carbonyl (C=O) groups is 2. The van der Waals surface area contributed by atoms with E-state index in [0.29, 0.717) is 24.2 Å². The first kappa shape index (κ1) is 21.5. The average Bonchev–Trinajstić information content (AvgIpc) is 2.84. The van der Waals surface area contributed by atoms with Crippen molar-refractivity contribution in [3.05, 3.63) is 47.3 Å². The van der Waals surface area contributed by atoms with Gasteiger partial charge in [-0.15, -0.1) is 0 Å². The first-order valence-corrected chi connectivity index (χ1v) is 12.5. The van der Waals surface area contributed by atoms with Crippen molar-refractivity contribution in [3.8, 4) is 0 Å². The maximum Gasteiger partial charge on any atom is 0.261 e. The second kappa shape index (κ2) is 8.48. The van der Waals surface area contributed by atoms with Gasteiger partial charge in [0, 0.05) is 6.61 Å². The van der Waals surface area contributed by atoms with E-state index >= 15 is 0 Å². The Bertz CT molecular complexity index is 708. The molecule has 1 aromatic carbocycles.